The Morgan fingerprint density at radius 1 is 1.22 bits per heavy atom. The molecule has 2 aliphatic heterocycles. The summed E-state index contributed by atoms with van der Waals surface area (Å²) in [6.45, 7) is 3.40. The Bertz CT molecular complexity index is 1340. The molecule has 0 bridgehead atoms. The summed E-state index contributed by atoms with van der Waals surface area (Å²) in [5.74, 6) is 0.0149. The zero-order valence-electron chi connectivity index (χ0n) is 19.6. The van der Waals surface area contributed by atoms with Gasteiger partial charge in [-0.05, 0) is 73.7 Å². The van der Waals surface area contributed by atoms with Gasteiger partial charge in [-0.15, -0.1) is 0 Å². The third-order valence-electron chi connectivity index (χ3n) is 7.07. The van der Waals surface area contributed by atoms with Crippen molar-refractivity contribution in [3.8, 4) is 0 Å². The predicted molar refractivity (Wildman–Crippen MR) is 135 cm³/mol. The maximum atomic E-state index is 14.1. The number of hydrogen-bond acceptors (Lipinski definition) is 3. The van der Waals surface area contributed by atoms with E-state index in [9.17, 15) is 18.0 Å². The van der Waals surface area contributed by atoms with Gasteiger partial charge in [0.05, 0.1) is 35.0 Å². The second kappa shape index (κ2) is 9.72. The summed E-state index contributed by atoms with van der Waals surface area (Å²) in [7, 11) is 0. The van der Waals surface area contributed by atoms with Gasteiger partial charge in [-0.3, -0.25) is 4.79 Å². The van der Waals surface area contributed by atoms with Gasteiger partial charge < -0.3 is 14.8 Å². The van der Waals surface area contributed by atoms with E-state index in [4.69, 9.17) is 23.2 Å². The van der Waals surface area contributed by atoms with E-state index < -0.39 is 11.7 Å². The Labute approximate surface area is 216 Å². The Morgan fingerprint density at radius 2 is 2.03 bits per heavy atom. The van der Waals surface area contributed by atoms with Gasteiger partial charge in [0.15, 0.2) is 0 Å². The van der Waals surface area contributed by atoms with Gasteiger partial charge in [-0.25, -0.2) is 4.98 Å². The maximum Gasteiger partial charge on any atom is 0.417 e. The number of aromatic nitrogens is 2. The first-order valence-electron chi connectivity index (χ1n) is 11.9. The van der Waals surface area contributed by atoms with Crippen molar-refractivity contribution < 1.29 is 18.0 Å². The minimum absolute atomic E-state index is 0.0149. The van der Waals surface area contributed by atoms with E-state index in [-0.39, 0.29) is 35.6 Å². The van der Waals surface area contributed by atoms with Gasteiger partial charge in [0.25, 0.3) is 0 Å². The summed E-state index contributed by atoms with van der Waals surface area (Å²) in [6.07, 6.45) is 0.829. The van der Waals surface area contributed by atoms with Crippen LogP contribution < -0.4 is 5.32 Å². The van der Waals surface area contributed by atoms with Crippen molar-refractivity contribution in [3.63, 3.8) is 0 Å². The lowest BCUT2D eigenvalue weighted by atomic mass is 9.93. The van der Waals surface area contributed by atoms with Crippen molar-refractivity contribution >= 4 is 45.7 Å². The first-order chi connectivity index (χ1) is 17.1. The van der Waals surface area contributed by atoms with Crippen molar-refractivity contribution in [2.45, 2.75) is 44.4 Å². The maximum absolute atomic E-state index is 14.1. The second-order valence-electron chi connectivity index (χ2n) is 9.29. The minimum atomic E-state index is -4.54. The number of benzene rings is 2. The van der Waals surface area contributed by atoms with Gasteiger partial charge in [0.1, 0.15) is 0 Å². The first kappa shape index (κ1) is 25.1. The Hall–Kier alpha value is -2.55. The smallest absolute Gasteiger partial charge is 0.337 e. The van der Waals surface area contributed by atoms with Gasteiger partial charge in [0.2, 0.25) is 5.91 Å². The molecule has 0 aliphatic carbocycles. The molecule has 1 amide bonds. The molecule has 190 valence electrons. The van der Waals surface area contributed by atoms with E-state index in [2.05, 4.69) is 10.3 Å². The van der Waals surface area contributed by atoms with Crippen LogP contribution in [-0.2, 0) is 11.0 Å². The van der Waals surface area contributed by atoms with Crippen LogP contribution >= 0.6 is 23.2 Å². The molecule has 1 aromatic heterocycles. The topological polar surface area (TPSA) is 50.2 Å². The van der Waals surface area contributed by atoms with E-state index in [0.29, 0.717) is 34.1 Å². The van der Waals surface area contributed by atoms with Gasteiger partial charge in [-0.1, -0.05) is 35.3 Å². The van der Waals surface area contributed by atoms with Crippen molar-refractivity contribution in [1.29, 1.82) is 0 Å². The van der Waals surface area contributed by atoms with E-state index in [0.717, 1.165) is 31.0 Å². The lowest BCUT2D eigenvalue weighted by Gasteiger charge is -2.29. The predicted octanol–water partition coefficient (Wildman–Crippen LogP) is 6.34. The van der Waals surface area contributed by atoms with E-state index in [1.807, 2.05) is 11.5 Å². The third-order valence-corrected chi connectivity index (χ3v) is 7.64. The molecule has 3 aromatic rings. The molecule has 5 rings (SSSR count). The zero-order valence-corrected chi connectivity index (χ0v) is 21.1. The molecule has 2 aromatic carbocycles. The average Bonchev–Trinajstić information content (AvgIpc) is 3.52. The highest BCUT2D eigenvalue weighted by Gasteiger charge is 2.36. The molecule has 3 heterocycles. The summed E-state index contributed by atoms with van der Waals surface area (Å²) in [5.41, 5.74) is 1.60. The average molecular weight is 537 g/mol. The summed E-state index contributed by atoms with van der Waals surface area (Å²) in [5, 5.41) is 4.17. The minimum Gasteiger partial charge on any atom is -0.337 e. The number of nitrogens with one attached hydrogen (secondary N) is 1. The summed E-state index contributed by atoms with van der Waals surface area (Å²) < 4.78 is 44.1. The lowest BCUT2D eigenvalue weighted by molar-refractivity contribution is -0.138. The zero-order chi connectivity index (χ0) is 25.6. The molecule has 1 unspecified atom stereocenters. The lowest BCUT2D eigenvalue weighted by Crippen LogP contribution is -2.45. The highest BCUT2D eigenvalue weighted by molar-refractivity contribution is 6.35. The molecule has 2 atom stereocenters. The molecule has 0 saturated carbocycles. The molecule has 0 radical (unpaired) electrons. The van der Waals surface area contributed by atoms with E-state index >= 15 is 0 Å². The van der Waals surface area contributed by atoms with Crippen molar-refractivity contribution in [2.75, 3.05) is 19.6 Å². The largest absolute Gasteiger partial charge is 0.417 e. The fourth-order valence-corrected chi connectivity index (χ4v) is 5.67. The van der Waals surface area contributed by atoms with Crippen LogP contribution in [0, 0.1) is 0 Å². The van der Waals surface area contributed by atoms with Crippen LogP contribution in [0.15, 0.2) is 42.7 Å². The number of carbonyl (C=O) groups is 1. The molecule has 0 spiro atoms. The van der Waals surface area contributed by atoms with Crippen LogP contribution in [0.3, 0.4) is 0 Å². The molecule has 5 nitrogen and oxygen atoms in total. The Morgan fingerprint density at radius 3 is 2.67 bits per heavy atom. The molecule has 36 heavy (non-hydrogen) atoms. The van der Waals surface area contributed by atoms with E-state index in [1.54, 1.807) is 35.2 Å². The van der Waals surface area contributed by atoms with Gasteiger partial charge in [0, 0.05) is 23.1 Å². The number of hydrogen-bond donors (Lipinski definition) is 1. The van der Waals surface area contributed by atoms with Crippen LogP contribution in [0.4, 0.5) is 13.2 Å². The van der Waals surface area contributed by atoms with Crippen LogP contribution in [-0.4, -0.2) is 46.0 Å². The summed E-state index contributed by atoms with van der Waals surface area (Å²) in [6, 6.07) is 7.37. The molecule has 1 saturated heterocycles. The number of alkyl halides is 3. The number of rotatable bonds is 4. The Balaban J connectivity index is 1.52. The SMILES string of the molecule is C[C@H](c1ccc(Cl)cc1Cl)n1cnc2cc(C(F)(F)F)c(C3=CCN(C(=O)C4CCCN4)CC3)cc21. The molecular weight excluding hydrogens is 512 g/mol. The van der Waals surface area contributed by atoms with Crippen LogP contribution in [0.1, 0.15) is 48.9 Å². The number of halogens is 5. The van der Waals surface area contributed by atoms with Crippen molar-refractivity contribution in [1.82, 2.24) is 19.8 Å². The van der Waals surface area contributed by atoms with Crippen molar-refractivity contribution in [2.24, 2.45) is 0 Å². The second-order valence-corrected chi connectivity index (χ2v) is 10.1. The van der Waals surface area contributed by atoms with E-state index in [1.165, 1.54) is 6.33 Å². The number of amides is 1. The van der Waals surface area contributed by atoms with Crippen LogP contribution in [0.25, 0.3) is 16.6 Å². The molecular formula is C26H25Cl2F3N4O. The summed E-state index contributed by atoms with van der Waals surface area (Å²) in [4.78, 5) is 18.7. The standard InChI is InChI=1S/C26H25Cl2F3N4O/c1-15(18-5-4-17(27)11-21(18)28)35-14-33-23-13-20(26(29,30)31)19(12-24(23)35)16-6-9-34(10-7-16)25(36)22-3-2-8-32-22/h4-6,11-15,22,32H,2-3,7-10H2,1H3/t15-,22?/m1/s1. The van der Waals surface area contributed by atoms with Crippen LogP contribution in [0.2, 0.25) is 10.0 Å². The third kappa shape index (κ3) is 4.74. The number of imidazole rings is 1. The fraction of sp³-hybridized carbons (Fsp3) is 0.385. The summed E-state index contributed by atoms with van der Waals surface area (Å²) >= 11 is 12.4. The molecule has 10 heteroatoms. The quantitative estimate of drug-likeness (QED) is 0.423. The van der Waals surface area contributed by atoms with Crippen LogP contribution in [0.5, 0.6) is 0 Å². The fourth-order valence-electron chi connectivity index (χ4n) is 5.10. The normalized spacial score (nSPS) is 19.6. The molecule has 2 aliphatic rings. The van der Waals surface area contributed by atoms with Crippen molar-refractivity contribution in [3.05, 3.63) is 69.5 Å². The Kier molecular flexibility index (Phi) is 6.78. The first-order valence-corrected chi connectivity index (χ1v) is 12.6. The highest BCUT2D eigenvalue weighted by Crippen LogP contribution is 2.40. The monoisotopic (exact) mass is 536 g/mol. The van der Waals surface area contributed by atoms with Gasteiger partial charge >= 0.3 is 6.18 Å². The van der Waals surface area contributed by atoms with Gasteiger partial charge in [-0.2, -0.15) is 13.2 Å². The number of nitrogens with zero attached hydrogens (tertiary/aromatic N) is 3. The number of carbonyl (C=O) groups excluding carboxylic acids is 1. The molecule has 1 fully saturated rings. The molecule has 1 N–H and O–H groups in total. The highest BCUT2D eigenvalue weighted by atomic mass is 35.5. The number of fused-ring (bicyclic) bond motifs is 1.